The van der Waals surface area contributed by atoms with Gasteiger partial charge in [-0.15, -0.1) is 6.58 Å². The van der Waals surface area contributed by atoms with Crippen LogP contribution in [0.2, 0.25) is 0 Å². The van der Waals surface area contributed by atoms with Crippen LogP contribution in [0.15, 0.2) is 30.9 Å². The van der Waals surface area contributed by atoms with E-state index >= 15 is 0 Å². The molecule has 96 valence electrons. The van der Waals surface area contributed by atoms with Gasteiger partial charge >= 0.3 is 6.03 Å². The zero-order valence-corrected chi connectivity index (χ0v) is 9.80. The van der Waals surface area contributed by atoms with Crippen LogP contribution in [-0.2, 0) is 0 Å². The van der Waals surface area contributed by atoms with Crippen LogP contribution in [0.3, 0.4) is 0 Å². The van der Waals surface area contributed by atoms with Crippen LogP contribution in [0.5, 0.6) is 5.75 Å². The summed E-state index contributed by atoms with van der Waals surface area (Å²) >= 11 is 0. The molecule has 0 aliphatic heterocycles. The van der Waals surface area contributed by atoms with Crippen molar-refractivity contribution in [3.05, 3.63) is 41.0 Å². The third-order valence-electron chi connectivity index (χ3n) is 2.06. The normalized spacial score (nSPS) is 9.39. The van der Waals surface area contributed by atoms with Gasteiger partial charge in [-0.3, -0.25) is 10.1 Å². The Bertz CT molecular complexity index is 473. The summed E-state index contributed by atoms with van der Waals surface area (Å²) in [6.45, 7) is 3.71. The van der Waals surface area contributed by atoms with Gasteiger partial charge in [-0.1, -0.05) is 6.08 Å². The smallest absolute Gasteiger partial charge is 0.319 e. The van der Waals surface area contributed by atoms with Crippen molar-refractivity contribution in [3.63, 3.8) is 0 Å². The summed E-state index contributed by atoms with van der Waals surface area (Å²) in [6.07, 6.45) is 1.50. The number of nitro benzene ring substituents is 1. The lowest BCUT2D eigenvalue weighted by Crippen LogP contribution is -2.28. The lowest BCUT2D eigenvalue weighted by atomic mass is 10.2. The van der Waals surface area contributed by atoms with Gasteiger partial charge in [0.05, 0.1) is 18.1 Å². The largest absolute Gasteiger partial charge is 0.496 e. The second kappa shape index (κ2) is 6.24. The molecule has 0 unspecified atom stereocenters. The number of nitrogens with zero attached hydrogens (tertiary/aromatic N) is 1. The molecule has 0 heterocycles. The Morgan fingerprint density at radius 3 is 2.89 bits per heavy atom. The van der Waals surface area contributed by atoms with E-state index in [-0.39, 0.29) is 17.9 Å². The quantitative estimate of drug-likeness (QED) is 0.475. The second-order valence-corrected chi connectivity index (χ2v) is 3.26. The number of anilines is 1. The van der Waals surface area contributed by atoms with Gasteiger partial charge in [0.25, 0.3) is 5.69 Å². The van der Waals surface area contributed by atoms with Crippen molar-refractivity contribution in [1.82, 2.24) is 5.32 Å². The van der Waals surface area contributed by atoms with Crippen molar-refractivity contribution in [2.45, 2.75) is 0 Å². The Kier molecular flexibility index (Phi) is 4.67. The van der Waals surface area contributed by atoms with E-state index in [1.807, 2.05) is 0 Å². The molecule has 0 radical (unpaired) electrons. The maximum absolute atomic E-state index is 11.4. The Morgan fingerprint density at radius 1 is 1.61 bits per heavy atom. The van der Waals surface area contributed by atoms with E-state index in [1.165, 1.54) is 31.4 Å². The molecular formula is C11H13N3O4. The Labute approximate surface area is 104 Å². The molecule has 0 aliphatic carbocycles. The van der Waals surface area contributed by atoms with Gasteiger partial charge in [-0.05, 0) is 12.1 Å². The molecule has 0 fully saturated rings. The number of methoxy groups -OCH3 is 1. The molecule has 2 amide bonds. The first-order valence-electron chi connectivity index (χ1n) is 5.06. The summed E-state index contributed by atoms with van der Waals surface area (Å²) in [4.78, 5) is 21.6. The van der Waals surface area contributed by atoms with Crippen molar-refractivity contribution >= 4 is 17.4 Å². The lowest BCUT2D eigenvalue weighted by molar-refractivity contribution is -0.384. The Hall–Kier alpha value is -2.57. The van der Waals surface area contributed by atoms with Crippen LogP contribution in [0.25, 0.3) is 0 Å². The minimum absolute atomic E-state index is 0.0994. The monoisotopic (exact) mass is 251 g/mol. The van der Waals surface area contributed by atoms with E-state index in [4.69, 9.17) is 4.74 Å². The SMILES string of the molecule is C=CCNC(=O)Nc1ccc(OC)cc1[N+](=O)[O-]. The highest BCUT2D eigenvalue weighted by Gasteiger charge is 2.16. The van der Waals surface area contributed by atoms with Crippen molar-refractivity contribution in [2.24, 2.45) is 0 Å². The number of nitro groups is 1. The topological polar surface area (TPSA) is 93.5 Å². The van der Waals surface area contributed by atoms with Crippen LogP contribution in [0.4, 0.5) is 16.2 Å². The van der Waals surface area contributed by atoms with E-state index in [2.05, 4.69) is 17.2 Å². The molecule has 2 N–H and O–H groups in total. The number of urea groups is 1. The van der Waals surface area contributed by atoms with Crippen molar-refractivity contribution in [1.29, 1.82) is 0 Å². The van der Waals surface area contributed by atoms with Crippen molar-refractivity contribution in [2.75, 3.05) is 19.0 Å². The highest BCUT2D eigenvalue weighted by atomic mass is 16.6. The Morgan fingerprint density at radius 2 is 2.33 bits per heavy atom. The summed E-state index contributed by atoms with van der Waals surface area (Å²) in [5.74, 6) is 0.346. The van der Waals surface area contributed by atoms with Gasteiger partial charge in [0.1, 0.15) is 11.4 Å². The first-order chi connectivity index (χ1) is 8.58. The molecule has 1 rings (SSSR count). The average molecular weight is 251 g/mol. The summed E-state index contributed by atoms with van der Waals surface area (Å²) in [7, 11) is 1.41. The molecular weight excluding hydrogens is 238 g/mol. The molecule has 18 heavy (non-hydrogen) atoms. The van der Waals surface area contributed by atoms with Crippen molar-refractivity contribution in [3.8, 4) is 5.75 Å². The van der Waals surface area contributed by atoms with Crippen LogP contribution in [0, 0.1) is 10.1 Å². The van der Waals surface area contributed by atoms with Crippen molar-refractivity contribution < 1.29 is 14.5 Å². The second-order valence-electron chi connectivity index (χ2n) is 3.26. The van der Waals surface area contributed by atoms with Crippen LogP contribution in [0.1, 0.15) is 0 Å². The number of ether oxygens (including phenoxy) is 1. The van der Waals surface area contributed by atoms with Crippen LogP contribution in [-0.4, -0.2) is 24.6 Å². The standard InChI is InChI=1S/C11H13N3O4/c1-3-6-12-11(15)13-9-5-4-8(18-2)7-10(9)14(16)17/h3-5,7H,1,6H2,2H3,(H2,12,13,15). The van der Waals surface area contributed by atoms with E-state index in [9.17, 15) is 14.9 Å². The fraction of sp³-hybridized carbons (Fsp3) is 0.182. The summed E-state index contributed by atoms with van der Waals surface area (Å²) in [5, 5.41) is 15.7. The Balaban J connectivity index is 2.90. The molecule has 7 heteroatoms. The summed E-state index contributed by atoms with van der Waals surface area (Å²) in [6, 6.07) is 3.63. The molecule has 1 aromatic rings. The maximum Gasteiger partial charge on any atom is 0.319 e. The van der Waals surface area contributed by atoms with Gasteiger partial charge in [0, 0.05) is 6.54 Å². The zero-order valence-electron chi connectivity index (χ0n) is 9.80. The molecule has 0 saturated carbocycles. The third-order valence-corrected chi connectivity index (χ3v) is 2.06. The molecule has 0 bridgehead atoms. The number of hydrogen-bond donors (Lipinski definition) is 2. The van der Waals surface area contributed by atoms with E-state index in [1.54, 1.807) is 0 Å². The maximum atomic E-state index is 11.4. The van der Waals surface area contributed by atoms with E-state index in [0.29, 0.717) is 5.75 Å². The minimum Gasteiger partial charge on any atom is -0.496 e. The van der Waals surface area contributed by atoms with Gasteiger partial charge in [-0.2, -0.15) is 0 Å². The fourth-order valence-corrected chi connectivity index (χ4v) is 1.23. The highest BCUT2D eigenvalue weighted by molar-refractivity contribution is 5.92. The predicted molar refractivity (Wildman–Crippen MR) is 66.9 cm³/mol. The third kappa shape index (κ3) is 3.48. The number of hydrogen-bond acceptors (Lipinski definition) is 4. The molecule has 0 atom stereocenters. The molecule has 0 aliphatic rings. The minimum atomic E-state index is -0.592. The van der Waals surface area contributed by atoms with Crippen LogP contribution < -0.4 is 15.4 Å². The number of benzene rings is 1. The predicted octanol–water partition coefficient (Wildman–Crippen LogP) is 1.91. The van der Waals surface area contributed by atoms with E-state index in [0.717, 1.165) is 0 Å². The number of carbonyl (C=O) groups excluding carboxylic acids is 1. The number of amides is 2. The number of carbonyl (C=O) groups is 1. The van der Waals surface area contributed by atoms with Gasteiger partial charge < -0.3 is 15.4 Å². The van der Waals surface area contributed by atoms with E-state index < -0.39 is 11.0 Å². The summed E-state index contributed by atoms with van der Waals surface area (Å²) < 4.78 is 4.88. The molecule has 0 aromatic heterocycles. The average Bonchev–Trinajstić information content (AvgIpc) is 2.36. The highest BCUT2D eigenvalue weighted by Crippen LogP contribution is 2.28. The van der Waals surface area contributed by atoms with Gasteiger partial charge in [-0.25, -0.2) is 4.79 Å². The molecule has 0 spiro atoms. The van der Waals surface area contributed by atoms with Crippen LogP contribution >= 0.6 is 0 Å². The zero-order chi connectivity index (χ0) is 13.5. The first-order valence-corrected chi connectivity index (χ1v) is 5.06. The number of nitrogens with one attached hydrogen (secondary N) is 2. The first kappa shape index (κ1) is 13.5. The van der Waals surface area contributed by atoms with Gasteiger partial charge in [0.2, 0.25) is 0 Å². The summed E-state index contributed by atoms with van der Waals surface area (Å²) in [5.41, 5.74) is -0.134. The fourth-order valence-electron chi connectivity index (χ4n) is 1.23. The van der Waals surface area contributed by atoms with Gasteiger partial charge in [0.15, 0.2) is 0 Å². The molecule has 7 nitrogen and oxygen atoms in total. The molecule has 1 aromatic carbocycles. The number of rotatable bonds is 5. The lowest BCUT2D eigenvalue weighted by Gasteiger charge is -2.07. The molecule has 0 saturated heterocycles.